The lowest BCUT2D eigenvalue weighted by Gasteiger charge is -2.22. The molecule has 0 saturated heterocycles. The predicted molar refractivity (Wildman–Crippen MR) is 81.2 cm³/mol. The first-order valence-corrected chi connectivity index (χ1v) is 7.22. The van der Waals surface area contributed by atoms with Gasteiger partial charge in [0.05, 0.1) is 19.1 Å². The van der Waals surface area contributed by atoms with Gasteiger partial charge in [-0.15, -0.1) is 0 Å². The Kier molecular flexibility index (Phi) is 3.42. The summed E-state index contributed by atoms with van der Waals surface area (Å²) in [6.45, 7) is 0. The molecule has 110 valence electrons. The molecule has 21 heavy (non-hydrogen) atoms. The molecule has 7 heteroatoms. The molecular formula is C14H15N3O3S. The number of nitrogens with two attached hydrogens (primary N) is 1. The zero-order valence-corrected chi connectivity index (χ0v) is 12.5. The van der Waals surface area contributed by atoms with E-state index in [1.165, 1.54) is 11.3 Å². The van der Waals surface area contributed by atoms with Crippen molar-refractivity contribution in [2.45, 2.75) is 12.3 Å². The number of anilines is 2. The predicted octanol–water partition coefficient (Wildman–Crippen LogP) is 2.22. The summed E-state index contributed by atoms with van der Waals surface area (Å²) in [7, 11) is 3.18. The van der Waals surface area contributed by atoms with Gasteiger partial charge in [0.2, 0.25) is 5.91 Å². The van der Waals surface area contributed by atoms with Crippen LogP contribution in [-0.2, 0) is 4.79 Å². The number of aromatic nitrogens is 1. The molecule has 1 amide bonds. The van der Waals surface area contributed by atoms with E-state index in [9.17, 15) is 4.79 Å². The number of ether oxygens (including phenoxy) is 2. The fourth-order valence-corrected chi connectivity index (χ4v) is 3.39. The molecule has 0 aliphatic carbocycles. The first-order valence-electron chi connectivity index (χ1n) is 6.40. The third-order valence-electron chi connectivity index (χ3n) is 3.44. The molecule has 3 N–H and O–H groups in total. The summed E-state index contributed by atoms with van der Waals surface area (Å²) in [5.74, 6) is 1.73. The van der Waals surface area contributed by atoms with Gasteiger partial charge in [0.1, 0.15) is 5.82 Å². The summed E-state index contributed by atoms with van der Waals surface area (Å²) < 4.78 is 10.6. The summed E-state index contributed by atoms with van der Waals surface area (Å²) in [6, 6.07) is 5.66. The Labute approximate surface area is 125 Å². The van der Waals surface area contributed by atoms with Crippen molar-refractivity contribution in [1.29, 1.82) is 0 Å². The van der Waals surface area contributed by atoms with Gasteiger partial charge < -0.3 is 20.5 Å². The van der Waals surface area contributed by atoms with Crippen LogP contribution in [0.25, 0.3) is 0 Å². The van der Waals surface area contributed by atoms with Crippen LogP contribution in [0, 0.1) is 0 Å². The van der Waals surface area contributed by atoms with E-state index in [1.54, 1.807) is 14.2 Å². The minimum absolute atomic E-state index is 0.0624. The maximum absolute atomic E-state index is 11.9. The molecule has 3 rings (SSSR count). The molecule has 0 unspecified atom stereocenters. The maximum atomic E-state index is 11.9. The monoisotopic (exact) mass is 305 g/mol. The van der Waals surface area contributed by atoms with Crippen molar-refractivity contribution in [2.24, 2.45) is 0 Å². The van der Waals surface area contributed by atoms with Crippen molar-refractivity contribution < 1.29 is 14.3 Å². The summed E-state index contributed by atoms with van der Waals surface area (Å²) in [5.41, 5.74) is 6.74. The molecule has 0 bridgehead atoms. The average Bonchev–Trinajstić information content (AvgIpc) is 2.85. The van der Waals surface area contributed by atoms with Crippen molar-refractivity contribution in [2.75, 3.05) is 25.3 Å². The van der Waals surface area contributed by atoms with E-state index in [0.29, 0.717) is 28.9 Å². The second-order valence-electron chi connectivity index (χ2n) is 4.68. The molecule has 6 nitrogen and oxygen atoms in total. The number of carbonyl (C=O) groups excluding carboxylic acids is 1. The molecule has 0 radical (unpaired) electrons. The van der Waals surface area contributed by atoms with E-state index in [2.05, 4.69) is 10.3 Å². The molecule has 1 aromatic carbocycles. The largest absolute Gasteiger partial charge is 0.493 e. The van der Waals surface area contributed by atoms with Gasteiger partial charge >= 0.3 is 0 Å². The molecule has 1 aromatic heterocycles. The lowest BCUT2D eigenvalue weighted by Crippen LogP contribution is -2.22. The number of rotatable bonds is 3. The normalized spacial score (nSPS) is 17.0. The minimum atomic E-state index is -0.0663. The minimum Gasteiger partial charge on any atom is -0.493 e. The van der Waals surface area contributed by atoms with Gasteiger partial charge in [-0.25, -0.2) is 4.98 Å². The highest BCUT2D eigenvalue weighted by Gasteiger charge is 2.30. The first-order chi connectivity index (χ1) is 10.1. The summed E-state index contributed by atoms with van der Waals surface area (Å²) in [5, 5.41) is 3.21. The zero-order valence-electron chi connectivity index (χ0n) is 11.7. The van der Waals surface area contributed by atoms with Crippen LogP contribution in [-0.4, -0.2) is 25.1 Å². The third-order valence-corrected chi connectivity index (χ3v) is 4.44. The third kappa shape index (κ3) is 2.40. The van der Waals surface area contributed by atoms with Crippen LogP contribution in [0.3, 0.4) is 0 Å². The molecule has 1 aliphatic rings. The Morgan fingerprint density at radius 2 is 2.10 bits per heavy atom. The summed E-state index contributed by atoms with van der Waals surface area (Å²) in [6.07, 6.45) is 0.365. The van der Waals surface area contributed by atoms with Crippen molar-refractivity contribution in [3.05, 3.63) is 28.6 Å². The first kappa shape index (κ1) is 13.7. The van der Waals surface area contributed by atoms with Crippen LogP contribution in [0.5, 0.6) is 11.5 Å². The number of benzene rings is 1. The number of amides is 1. The lowest BCUT2D eigenvalue weighted by atomic mass is 9.91. The number of hydrogen-bond donors (Lipinski definition) is 2. The van der Waals surface area contributed by atoms with Gasteiger partial charge in [-0.2, -0.15) is 0 Å². The van der Waals surface area contributed by atoms with E-state index < -0.39 is 0 Å². The molecule has 2 aromatic rings. The molecule has 2 heterocycles. The van der Waals surface area contributed by atoms with Crippen LogP contribution in [0.15, 0.2) is 18.2 Å². The summed E-state index contributed by atoms with van der Waals surface area (Å²) >= 11 is 1.40. The molecule has 0 fully saturated rings. The second kappa shape index (κ2) is 5.25. The van der Waals surface area contributed by atoms with Gasteiger partial charge in [-0.3, -0.25) is 4.79 Å². The number of thiazole rings is 1. The van der Waals surface area contributed by atoms with E-state index >= 15 is 0 Å². The van der Waals surface area contributed by atoms with Crippen molar-refractivity contribution in [3.63, 3.8) is 0 Å². The number of nitrogens with zero attached hydrogens (tertiary/aromatic N) is 1. The highest BCUT2D eigenvalue weighted by Crippen LogP contribution is 2.43. The molecule has 0 spiro atoms. The van der Waals surface area contributed by atoms with E-state index in [-0.39, 0.29) is 11.8 Å². The van der Waals surface area contributed by atoms with Gasteiger partial charge in [0.15, 0.2) is 16.6 Å². The van der Waals surface area contributed by atoms with E-state index in [0.717, 1.165) is 10.4 Å². The topological polar surface area (TPSA) is 86.5 Å². The Bertz CT molecular complexity index is 699. The molecular weight excluding hydrogens is 290 g/mol. The zero-order chi connectivity index (χ0) is 15.0. The fourth-order valence-electron chi connectivity index (χ4n) is 2.47. The van der Waals surface area contributed by atoms with Crippen LogP contribution in [0.2, 0.25) is 0 Å². The van der Waals surface area contributed by atoms with Gasteiger partial charge in [-0.1, -0.05) is 17.4 Å². The molecule has 0 saturated carbocycles. The standard InChI is InChI=1S/C14H15N3O3S/c1-19-9-4-3-7(5-10(9)20-2)8-6-11(18)16-13-12(8)21-14(15)17-13/h3-5,8H,6H2,1-2H3,(H2,15,17)(H,16,18)/t8-/m1/s1. The van der Waals surface area contributed by atoms with E-state index in [4.69, 9.17) is 15.2 Å². The average molecular weight is 305 g/mol. The van der Waals surface area contributed by atoms with Crippen LogP contribution < -0.4 is 20.5 Å². The van der Waals surface area contributed by atoms with Crippen molar-refractivity contribution in [1.82, 2.24) is 4.98 Å². The highest BCUT2D eigenvalue weighted by molar-refractivity contribution is 7.16. The SMILES string of the molecule is COc1ccc([C@H]2CC(=O)Nc3nc(N)sc32)cc1OC. The Morgan fingerprint density at radius 1 is 1.33 bits per heavy atom. The van der Waals surface area contributed by atoms with Gasteiger partial charge in [0, 0.05) is 12.3 Å². The number of hydrogen-bond acceptors (Lipinski definition) is 6. The fraction of sp³-hybridized carbons (Fsp3) is 0.286. The Morgan fingerprint density at radius 3 is 2.81 bits per heavy atom. The molecule has 1 aliphatic heterocycles. The van der Waals surface area contributed by atoms with Gasteiger partial charge in [0.25, 0.3) is 0 Å². The number of methoxy groups -OCH3 is 2. The van der Waals surface area contributed by atoms with Gasteiger partial charge in [-0.05, 0) is 17.7 Å². The maximum Gasteiger partial charge on any atom is 0.226 e. The quantitative estimate of drug-likeness (QED) is 0.908. The molecule has 1 atom stereocenters. The van der Waals surface area contributed by atoms with Crippen molar-refractivity contribution >= 4 is 28.2 Å². The number of carbonyl (C=O) groups is 1. The highest BCUT2D eigenvalue weighted by atomic mass is 32.1. The lowest BCUT2D eigenvalue weighted by molar-refractivity contribution is -0.116. The van der Waals surface area contributed by atoms with Crippen LogP contribution >= 0.6 is 11.3 Å². The number of nitrogen functional groups attached to an aromatic ring is 1. The Hall–Kier alpha value is -2.28. The van der Waals surface area contributed by atoms with Crippen LogP contribution in [0.4, 0.5) is 10.9 Å². The number of nitrogens with one attached hydrogen (secondary N) is 1. The second-order valence-corrected chi connectivity index (χ2v) is 5.75. The Balaban J connectivity index is 2.06. The summed E-state index contributed by atoms with van der Waals surface area (Å²) in [4.78, 5) is 17.0. The smallest absolute Gasteiger partial charge is 0.226 e. The van der Waals surface area contributed by atoms with E-state index in [1.807, 2.05) is 18.2 Å². The number of fused-ring (bicyclic) bond motifs is 1. The van der Waals surface area contributed by atoms with Crippen molar-refractivity contribution in [3.8, 4) is 11.5 Å². The van der Waals surface area contributed by atoms with Crippen LogP contribution in [0.1, 0.15) is 22.8 Å².